The highest BCUT2D eigenvalue weighted by atomic mass is 79.9. The van der Waals surface area contributed by atoms with Gasteiger partial charge in [-0.1, -0.05) is 15.9 Å². The van der Waals surface area contributed by atoms with Crippen molar-refractivity contribution in [2.24, 2.45) is 0 Å². The average molecular weight is 315 g/mol. The zero-order valence-electron chi connectivity index (χ0n) is 10.9. The summed E-state index contributed by atoms with van der Waals surface area (Å²) in [5.41, 5.74) is 6.84. The highest BCUT2D eigenvalue weighted by Gasteiger charge is 2.15. The second kappa shape index (κ2) is 6.09. The van der Waals surface area contributed by atoms with Crippen LogP contribution in [0.1, 0.15) is 27.2 Å². The van der Waals surface area contributed by atoms with E-state index in [1.54, 1.807) is 6.07 Å². The Labute approximate surface area is 116 Å². The summed E-state index contributed by atoms with van der Waals surface area (Å²) in [6.07, 6.45) is 0.309. The highest BCUT2D eigenvalue weighted by Crippen LogP contribution is 2.23. The SMILES string of the molecule is CC(C)(C)OC(=O)CCNc1cc(Br)ccc1N. The number of rotatable bonds is 4. The van der Waals surface area contributed by atoms with Crippen molar-refractivity contribution in [2.45, 2.75) is 32.8 Å². The van der Waals surface area contributed by atoms with Crippen LogP contribution in [-0.4, -0.2) is 18.1 Å². The molecule has 0 aliphatic heterocycles. The van der Waals surface area contributed by atoms with Gasteiger partial charge in [0.05, 0.1) is 17.8 Å². The third-order valence-electron chi connectivity index (χ3n) is 2.08. The van der Waals surface area contributed by atoms with Crippen LogP contribution in [0.4, 0.5) is 11.4 Å². The van der Waals surface area contributed by atoms with Crippen molar-refractivity contribution < 1.29 is 9.53 Å². The van der Waals surface area contributed by atoms with Crippen molar-refractivity contribution in [2.75, 3.05) is 17.6 Å². The predicted octanol–water partition coefficient (Wildman–Crippen LogP) is 3.18. The van der Waals surface area contributed by atoms with Crippen molar-refractivity contribution >= 4 is 33.3 Å². The third kappa shape index (κ3) is 5.40. The number of anilines is 2. The number of hydrogen-bond donors (Lipinski definition) is 2. The number of carbonyl (C=O) groups excluding carboxylic acids is 1. The van der Waals surface area contributed by atoms with E-state index in [2.05, 4.69) is 21.2 Å². The molecule has 0 aromatic heterocycles. The number of halogens is 1. The Hall–Kier alpha value is -1.23. The number of ether oxygens (including phenoxy) is 1. The molecule has 18 heavy (non-hydrogen) atoms. The summed E-state index contributed by atoms with van der Waals surface area (Å²) in [6.45, 7) is 6.05. The van der Waals surface area contributed by atoms with Crippen LogP contribution >= 0.6 is 15.9 Å². The fraction of sp³-hybridized carbons (Fsp3) is 0.462. The number of benzene rings is 1. The summed E-state index contributed by atoms with van der Waals surface area (Å²) in [5.74, 6) is -0.219. The largest absolute Gasteiger partial charge is 0.460 e. The monoisotopic (exact) mass is 314 g/mol. The van der Waals surface area contributed by atoms with Crippen LogP contribution in [0.15, 0.2) is 22.7 Å². The number of carbonyl (C=O) groups is 1. The molecule has 0 amide bonds. The first kappa shape index (κ1) is 14.8. The van der Waals surface area contributed by atoms with Crippen LogP contribution in [0.3, 0.4) is 0 Å². The molecule has 4 nitrogen and oxygen atoms in total. The molecule has 0 saturated carbocycles. The summed E-state index contributed by atoms with van der Waals surface area (Å²) in [4.78, 5) is 11.5. The maximum absolute atomic E-state index is 11.5. The van der Waals surface area contributed by atoms with Crippen LogP contribution in [-0.2, 0) is 9.53 Å². The summed E-state index contributed by atoms with van der Waals surface area (Å²) < 4.78 is 6.15. The maximum Gasteiger partial charge on any atom is 0.308 e. The van der Waals surface area contributed by atoms with Crippen LogP contribution in [0.5, 0.6) is 0 Å². The molecule has 0 spiro atoms. The normalized spacial score (nSPS) is 11.1. The van der Waals surface area contributed by atoms with Crippen LogP contribution in [0, 0.1) is 0 Å². The van der Waals surface area contributed by atoms with Gasteiger partial charge >= 0.3 is 5.97 Å². The molecule has 1 aromatic rings. The molecular weight excluding hydrogens is 296 g/mol. The summed E-state index contributed by atoms with van der Waals surface area (Å²) >= 11 is 3.37. The minimum absolute atomic E-state index is 0.219. The standard InChI is InChI=1S/C13H19BrN2O2/c1-13(2,3)18-12(17)6-7-16-11-8-9(14)4-5-10(11)15/h4-5,8,16H,6-7,15H2,1-3H3. The van der Waals surface area contributed by atoms with Gasteiger partial charge in [-0.05, 0) is 39.0 Å². The van der Waals surface area contributed by atoms with E-state index in [-0.39, 0.29) is 5.97 Å². The second-order valence-corrected chi connectivity index (χ2v) is 5.91. The minimum atomic E-state index is -0.439. The van der Waals surface area contributed by atoms with E-state index in [1.165, 1.54) is 0 Å². The first-order valence-electron chi connectivity index (χ1n) is 5.79. The van der Waals surface area contributed by atoms with E-state index in [0.717, 1.165) is 10.2 Å². The molecule has 0 saturated heterocycles. The minimum Gasteiger partial charge on any atom is -0.460 e. The number of nitrogens with two attached hydrogens (primary N) is 1. The molecule has 0 aliphatic carbocycles. The number of hydrogen-bond acceptors (Lipinski definition) is 4. The van der Waals surface area contributed by atoms with Crippen molar-refractivity contribution in [1.82, 2.24) is 0 Å². The molecule has 1 aromatic carbocycles. The van der Waals surface area contributed by atoms with Gasteiger partial charge < -0.3 is 15.8 Å². The molecule has 100 valence electrons. The predicted molar refractivity (Wildman–Crippen MR) is 77.5 cm³/mol. The topological polar surface area (TPSA) is 64.3 Å². The molecule has 5 heteroatoms. The molecule has 0 radical (unpaired) electrons. The summed E-state index contributed by atoms with van der Waals surface area (Å²) in [6, 6.07) is 5.55. The van der Waals surface area contributed by atoms with Gasteiger partial charge in [-0.25, -0.2) is 0 Å². The van der Waals surface area contributed by atoms with Crippen molar-refractivity contribution in [3.63, 3.8) is 0 Å². The summed E-state index contributed by atoms with van der Waals surface area (Å²) in [5, 5.41) is 3.11. The Morgan fingerprint density at radius 3 is 2.72 bits per heavy atom. The van der Waals surface area contributed by atoms with Crippen molar-refractivity contribution in [3.05, 3.63) is 22.7 Å². The van der Waals surface area contributed by atoms with Crippen LogP contribution in [0.25, 0.3) is 0 Å². The van der Waals surface area contributed by atoms with Crippen molar-refractivity contribution in [1.29, 1.82) is 0 Å². The number of nitrogen functional groups attached to an aromatic ring is 1. The fourth-order valence-corrected chi connectivity index (χ4v) is 1.73. The van der Waals surface area contributed by atoms with Crippen molar-refractivity contribution in [3.8, 4) is 0 Å². The highest BCUT2D eigenvalue weighted by molar-refractivity contribution is 9.10. The molecule has 0 atom stereocenters. The van der Waals surface area contributed by atoms with E-state index in [0.29, 0.717) is 18.7 Å². The first-order chi connectivity index (χ1) is 8.28. The first-order valence-corrected chi connectivity index (χ1v) is 6.58. The Morgan fingerprint density at radius 2 is 2.11 bits per heavy atom. The molecule has 0 fully saturated rings. The van der Waals surface area contributed by atoms with Crippen LogP contribution < -0.4 is 11.1 Å². The van der Waals surface area contributed by atoms with Gasteiger partial charge in [-0.3, -0.25) is 4.79 Å². The molecule has 0 aliphatic rings. The van der Waals surface area contributed by atoms with E-state index in [1.807, 2.05) is 32.9 Å². The second-order valence-electron chi connectivity index (χ2n) is 4.99. The zero-order chi connectivity index (χ0) is 13.8. The lowest BCUT2D eigenvalue weighted by Crippen LogP contribution is -2.25. The Bertz CT molecular complexity index is 427. The Balaban J connectivity index is 2.42. The van der Waals surface area contributed by atoms with Crippen LogP contribution in [0.2, 0.25) is 0 Å². The Kier molecular flexibility index (Phi) is 5.02. The molecule has 0 heterocycles. The smallest absolute Gasteiger partial charge is 0.308 e. The molecule has 3 N–H and O–H groups in total. The van der Waals surface area contributed by atoms with Gasteiger partial charge in [0.2, 0.25) is 0 Å². The van der Waals surface area contributed by atoms with E-state index in [4.69, 9.17) is 10.5 Å². The fourth-order valence-electron chi connectivity index (χ4n) is 1.37. The van der Waals surface area contributed by atoms with Gasteiger partial charge in [0.25, 0.3) is 0 Å². The van der Waals surface area contributed by atoms with E-state index < -0.39 is 5.60 Å². The van der Waals surface area contributed by atoms with E-state index in [9.17, 15) is 4.79 Å². The quantitative estimate of drug-likeness (QED) is 0.662. The number of esters is 1. The lowest BCUT2D eigenvalue weighted by Gasteiger charge is -2.19. The molecule has 0 bridgehead atoms. The zero-order valence-corrected chi connectivity index (χ0v) is 12.5. The average Bonchev–Trinajstić information content (AvgIpc) is 2.20. The molecule has 0 unspecified atom stereocenters. The van der Waals surface area contributed by atoms with Gasteiger partial charge in [-0.2, -0.15) is 0 Å². The van der Waals surface area contributed by atoms with Gasteiger partial charge in [0.15, 0.2) is 0 Å². The molecule has 1 rings (SSSR count). The Morgan fingerprint density at radius 1 is 1.44 bits per heavy atom. The van der Waals surface area contributed by atoms with Gasteiger partial charge in [-0.15, -0.1) is 0 Å². The summed E-state index contributed by atoms with van der Waals surface area (Å²) in [7, 11) is 0. The third-order valence-corrected chi connectivity index (χ3v) is 2.57. The molecular formula is C13H19BrN2O2. The number of nitrogens with one attached hydrogen (secondary N) is 1. The van der Waals surface area contributed by atoms with Gasteiger partial charge in [0, 0.05) is 11.0 Å². The maximum atomic E-state index is 11.5. The van der Waals surface area contributed by atoms with E-state index >= 15 is 0 Å². The lowest BCUT2D eigenvalue weighted by atomic mass is 10.2. The van der Waals surface area contributed by atoms with Gasteiger partial charge in [0.1, 0.15) is 5.60 Å². The lowest BCUT2D eigenvalue weighted by molar-refractivity contribution is -0.154.